The SMILES string of the molecule is Cc1cc(C)c(C(OP(O)O)c2c(C)cc(C)cc2C)c(C)c1. The van der Waals surface area contributed by atoms with Gasteiger partial charge in [-0.2, -0.15) is 0 Å². The van der Waals surface area contributed by atoms with E-state index in [4.69, 9.17) is 4.52 Å². The largest absolute Gasteiger partial charge is 0.328 e. The summed E-state index contributed by atoms with van der Waals surface area (Å²) in [7, 11) is -2.45. The molecule has 4 heteroatoms. The molecule has 2 aromatic carbocycles. The van der Waals surface area contributed by atoms with E-state index in [2.05, 4.69) is 38.1 Å². The Morgan fingerprint density at radius 3 is 1.26 bits per heavy atom. The van der Waals surface area contributed by atoms with Crippen LogP contribution < -0.4 is 0 Å². The molecule has 0 bridgehead atoms. The van der Waals surface area contributed by atoms with E-state index < -0.39 is 14.7 Å². The normalized spacial score (nSPS) is 11.6. The molecule has 0 saturated heterocycles. The van der Waals surface area contributed by atoms with E-state index in [0.29, 0.717) is 0 Å². The number of benzene rings is 2. The van der Waals surface area contributed by atoms with Crippen molar-refractivity contribution in [3.05, 3.63) is 68.8 Å². The fourth-order valence-corrected chi connectivity index (χ4v) is 3.95. The second kappa shape index (κ2) is 7.11. The van der Waals surface area contributed by atoms with Crippen LogP contribution in [-0.4, -0.2) is 9.79 Å². The maximum absolute atomic E-state index is 9.52. The molecule has 0 atom stereocenters. The van der Waals surface area contributed by atoms with Gasteiger partial charge < -0.3 is 9.79 Å². The van der Waals surface area contributed by atoms with Gasteiger partial charge in [0.15, 0.2) is 0 Å². The third-order valence-corrected chi connectivity index (χ3v) is 4.60. The summed E-state index contributed by atoms with van der Waals surface area (Å²) in [5.74, 6) is 0. The van der Waals surface area contributed by atoms with Crippen LogP contribution in [0.5, 0.6) is 0 Å². The fourth-order valence-electron chi connectivity index (χ4n) is 3.55. The highest BCUT2D eigenvalue weighted by atomic mass is 31.2. The van der Waals surface area contributed by atoms with Gasteiger partial charge in [-0.05, 0) is 74.9 Å². The number of aryl methyl sites for hydroxylation is 6. The van der Waals surface area contributed by atoms with Gasteiger partial charge in [0.25, 0.3) is 0 Å². The predicted octanol–water partition coefficient (Wildman–Crippen LogP) is 4.85. The van der Waals surface area contributed by atoms with E-state index in [0.717, 1.165) is 33.4 Å². The first-order valence-corrected chi connectivity index (χ1v) is 8.87. The van der Waals surface area contributed by atoms with Crippen LogP contribution in [0.1, 0.15) is 50.6 Å². The minimum Gasteiger partial charge on any atom is -0.328 e. The van der Waals surface area contributed by atoms with Crippen molar-refractivity contribution < 1.29 is 14.3 Å². The van der Waals surface area contributed by atoms with Gasteiger partial charge in [0.05, 0.1) is 0 Å². The lowest BCUT2D eigenvalue weighted by atomic mass is 9.87. The molecule has 2 N–H and O–H groups in total. The van der Waals surface area contributed by atoms with E-state index in [9.17, 15) is 9.79 Å². The van der Waals surface area contributed by atoms with Gasteiger partial charge in [-0.25, -0.2) is 0 Å². The van der Waals surface area contributed by atoms with E-state index in [-0.39, 0.29) is 0 Å². The molecule has 0 aliphatic rings. The van der Waals surface area contributed by atoms with Crippen LogP contribution in [0.3, 0.4) is 0 Å². The van der Waals surface area contributed by atoms with Crippen LogP contribution in [0.2, 0.25) is 0 Å². The molecule has 0 heterocycles. The van der Waals surface area contributed by atoms with Gasteiger partial charge in [-0.15, -0.1) is 0 Å². The van der Waals surface area contributed by atoms with E-state index in [1.165, 1.54) is 11.1 Å². The average molecular weight is 332 g/mol. The summed E-state index contributed by atoms with van der Waals surface area (Å²) >= 11 is 0. The number of hydrogen-bond acceptors (Lipinski definition) is 3. The predicted molar refractivity (Wildman–Crippen MR) is 95.6 cm³/mol. The Labute approximate surface area is 140 Å². The summed E-state index contributed by atoms with van der Waals surface area (Å²) in [6.45, 7) is 12.3. The zero-order chi connectivity index (χ0) is 17.3. The van der Waals surface area contributed by atoms with E-state index in [1.54, 1.807) is 0 Å². The minimum atomic E-state index is -2.45. The van der Waals surface area contributed by atoms with Crippen molar-refractivity contribution in [2.75, 3.05) is 0 Å². The maximum atomic E-state index is 9.52. The van der Waals surface area contributed by atoms with Crippen molar-refractivity contribution in [1.29, 1.82) is 0 Å². The molecular formula is C19H25O3P. The third-order valence-electron chi connectivity index (χ3n) is 4.20. The first-order chi connectivity index (χ1) is 10.7. The molecule has 2 rings (SSSR count). The van der Waals surface area contributed by atoms with Crippen molar-refractivity contribution >= 4 is 8.60 Å². The summed E-state index contributed by atoms with van der Waals surface area (Å²) in [5, 5.41) is 0. The van der Waals surface area contributed by atoms with E-state index >= 15 is 0 Å². The van der Waals surface area contributed by atoms with Gasteiger partial charge in [0.1, 0.15) is 6.10 Å². The zero-order valence-electron chi connectivity index (χ0n) is 14.6. The fraction of sp³-hybridized carbons (Fsp3) is 0.368. The topological polar surface area (TPSA) is 49.7 Å². The standard InChI is InChI=1S/C19H25O3P/c1-11-7-13(3)17(14(4)8-11)19(22-23(20)21)18-15(5)9-12(2)10-16(18)6/h7-10,19-21H,1-6H3. The Kier molecular flexibility index (Phi) is 5.59. The molecule has 0 saturated carbocycles. The van der Waals surface area contributed by atoms with Crippen LogP contribution in [-0.2, 0) is 4.52 Å². The Morgan fingerprint density at radius 1 is 0.696 bits per heavy atom. The molecule has 0 fully saturated rings. The number of hydrogen-bond donors (Lipinski definition) is 2. The first-order valence-electron chi connectivity index (χ1n) is 7.71. The summed E-state index contributed by atoms with van der Waals surface area (Å²) in [6, 6.07) is 8.42. The molecule has 0 unspecified atom stereocenters. The Balaban J connectivity index is 2.69. The van der Waals surface area contributed by atoms with Crippen molar-refractivity contribution in [3.63, 3.8) is 0 Å². The lowest BCUT2D eigenvalue weighted by Gasteiger charge is -2.26. The molecular weight excluding hydrogens is 307 g/mol. The smallest absolute Gasteiger partial charge is 0.327 e. The second-order valence-corrected chi connectivity index (χ2v) is 7.08. The van der Waals surface area contributed by atoms with Gasteiger partial charge in [-0.3, -0.25) is 4.52 Å². The number of rotatable bonds is 4. The maximum Gasteiger partial charge on any atom is 0.327 e. The molecule has 3 nitrogen and oxygen atoms in total. The monoisotopic (exact) mass is 332 g/mol. The molecule has 0 aromatic heterocycles. The van der Waals surface area contributed by atoms with Crippen LogP contribution in [0.25, 0.3) is 0 Å². The summed E-state index contributed by atoms with van der Waals surface area (Å²) in [6.07, 6.45) is -0.475. The highest BCUT2D eigenvalue weighted by Gasteiger charge is 2.25. The van der Waals surface area contributed by atoms with Crippen molar-refractivity contribution in [2.24, 2.45) is 0 Å². The van der Waals surface area contributed by atoms with Crippen LogP contribution >= 0.6 is 8.60 Å². The first kappa shape index (κ1) is 18.1. The molecule has 2 aromatic rings. The quantitative estimate of drug-likeness (QED) is 0.787. The molecule has 124 valence electrons. The van der Waals surface area contributed by atoms with Crippen molar-refractivity contribution in [3.8, 4) is 0 Å². The minimum absolute atomic E-state index is 0.475. The van der Waals surface area contributed by atoms with E-state index in [1.807, 2.05) is 27.7 Å². The summed E-state index contributed by atoms with van der Waals surface area (Å²) < 4.78 is 5.60. The van der Waals surface area contributed by atoms with Crippen molar-refractivity contribution in [1.82, 2.24) is 0 Å². The lowest BCUT2D eigenvalue weighted by Crippen LogP contribution is -2.11. The van der Waals surface area contributed by atoms with Crippen LogP contribution in [0.15, 0.2) is 24.3 Å². The zero-order valence-corrected chi connectivity index (χ0v) is 15.5. The van der Waals surface area contributed by atoms with Gasteiger partial charge in [-0.1, -0.05) is 35.4 Å². The van der Waals surface area contributed by atoms with Gasteiger partial charge in [0.2, 0.25) is 0 Å². The molecule has 0 amide bonds. The van der Waals surface area contributed by atoms with Crippen LogP contribution in [0, 0.1) is 41.5 Å². The molecule has 0 aliphatic carbocycles. The molecule has 0 spiro atoms. The second-order valence-electron chi connectivity index (χ2n) is 6.36. The summed E-state index contributed by atoms with van der Waals surface area (Å²) in [5.41, 5.74) is 8.81. The Bertz CT molecular complexity index is 619. The highest BCUT2D eigenvalue weighted by Crippen LogP contribution is 2.43. The van der Waals surface area contributed by atoms with Gasteiger partial charge >= 0.3 is 8.60 Å². The van der Waals surface area contributed by atoms with Gasteiger partial charge in [0, 0.05) is 0 Å². The van der Waals surface area contributed by atoms with Crippen molar-refractivity contribution in [2.45, 2.75) is 47.6 Å². The lowest BCUT2D eigenvalue weighted by molar-refractivity contribution is 0.202. The van der Waals surface area contributed by atoms with Crippen LogP contribution in [0.4, 0.5) is 0 Å². The molecule has 0 radical (unpaired) electrons. The third kappa shape index (κ3) is 3.99. The summed E-state index contributed by atoms with van der Waals surface area (Å²) in [4.78, 5) is 19.0. The molecule has 0 aliphatic heterocycles. The Morgan fingerprint density at radius 2 is 1.00 bits per heavy atom. The average Bonchev–Trinajstić information content (AvgIpc) is 2.34. The highest BCUT2D eigenvalue weighted by molar-refractivity contribution is 7.39. The molecule has 23 heavy (non-hydrogen) atoms. The Hall–Kier alpha value is -1.25.